The smallest absolute Gasteiger partial charge is 0.242 e. The number of sulfonamides is 1. The van der Waals surface area contributed by atoms with Crippen LogP contribution >= 0.6 is 27.3 Å². The standard InChI is InChI=1S/C12H17BrN4O2S2/c1-14-8-10-7-11(12(13)20-10)21(18,19)16-6-4-9-3-5-15-17(9)2/h3,5,7,14,16H,4,6,8H2,1-2H3. The van der Waals surface area contributed by atoms with E-state index in [1.54, 1.807) is 16.9 Å². The predicted octanol–water partition coefficient (Wildman–Crippen LogP) is 1.48. The maximum atomic E-state index is 12.3. The average molecular weight is 393 g/mol. The van der Waals surface area contributed by atoms with Crippen molar-refractivity contribution in [3.8, 4) is 0 Å². The molecule has 0 aliphatic carbocycles. The van der Waals surface area contributed by atoms with Crippen LogP contribution in [0.3, 0.4) is 0 Å². The first-order chi connectivity index (χ1) is 9.94. The molecular weight excluding hydrogens is 376 g/mol. The van der Waals surface area contributed by atoms with E-state index in [2.05, 4.69) is 31.1 Å². The van der Waals surface area contributed by atoms with Crippen LogP contribution in [0.2, 0.25) is 0 Å². The molecule has 0 spiro atoms. The van der Waals surface area contributed by atoms with Crippen LogP contribution in [0.15, 0.2) is 27.0 Å². The van der Waals surface area contributed by atoms with E-state index < -0.39 is 10.0 Å². The third-order valence-electron chi connectivity index (χ3n) is 2.94. The van der Waals surface area contributed by atoms with Crippen LogP contribution < -0.4 is 10.0 Å². The van der Waals surface area contributed by atoms with Gasteiger partial charge in [-0.3, -0.25) is 4.68 Å². The number of nitrogens with one attached hydrogen (secondary N) is 2. The molecule has 0 atom stereocenters. The lowest BCUT2D eigenvalue weighted by molar-refractivity contribution is 0.579. The van der Waals surface area contributed by atoms with Crippen molar-refractivity contribution in [2.24, 2.45) is 7.05 Å². The lowest BCUT2D eigenvalue weighted by Crippen LogP contribution is -2.26. The Hall–Kier alpha value is -0.740. The SMILES string of the molecule is CNCc1cc(S(=O)(=O)NCCc2ccnn2C)c(Br)s1. The highest BCUT2D eigenvalue weighted by Crippen LogP contribution is 2.31. The normalized spacial score (nSPS) is 12.0. The van der Waals surface area contributed by atoms with Gasteiger partial charge in [-0.2, -0.15) is 5.10 Å². The summed E-state index contributed by atoms with van der Waals surface area (Å²) in [7, 11) is 0.166. The van der Waals surface area contributed by atoms with Crippen LogP contribution in [0.4, 0.5) is 0 Å². The first-order valence-corrected chi connectivity index (χ1v) is 9.42. The van der Waals surface area contributed by atoms with Gasteiger partial charge in [-0.05, 0) is 35.1 Å². The Balaban J connectivity index is 2.03. The molecule has 21 heavy (non-hydrogen) atoms. The van der Waals surface area contributed by atoms with Crippen LogP contribution in [0.1, 0.15) is 10.6 Å². The third-order valence-corrected chi connectivity index (χ3v) is 6.66. The molecule has 9 heteroatoms. The second-order valence-electron chi connectivity index (χ2n) is 4.47. The molecule has 0 unspecified atom stereocenters. The first-order valence-electron chi connectivity index (χ1n) is 6.33. The molecule has 2 aromatic rings. The van der Waals surface area contributed by atoms with E-state index >= 15 is 0 Å². The fourth-order valence-corrected chi connectivity index (χ4v) is 5.60. The van der Waals surface area contributed by atoms with Gasteiger partial charge < -0.3 is 5.32 Å². The number of thiophene rings is 1. The van der Waals surface area contributed by atoms with E-state index in [1.807, 2.05) is 20.2 Å². The van der Waals surface area contributed by atoms with Gasteiger partial charge in [-0.25, -0.2) is 13.1 Å². The number of rotatable bonds is 7. The van der Waals surface area contributed by atoms with Gasteiger partial charge in [0.1, 0.15) is 4.90 Å². The van der Waals surface area contributed by atoms with Crippen molar-refractivity contribution in [3.63, 3.8) is 0 Å². The number of halogens is 1. The van der Waals surface area contributed by atoms with E-state index in [-0.39, 0.29) is 0 Å². The maximum absolute atomic E-state index is 12.3. The Kier molecular flexibility index (Phi) is 5.55. The summed E-state index contributed by atoms with van der Waals surface area (Å²) in [5.74, 6) is 0. The lowest BCUT2D eigenvalue weighted by atomic mass is 10.3. The molecule has 0 amide bonds. The molecule has 0 aliphatic heterocycles. The highest BCUT2D eigenvalue weighted by molar-refractivity contribution is 9.11. The second-order valence-corrected chi connectivity index (χ2v) is 8.66. The first kappa shape index (κ1) is 16.6. The summed E-state index contributed by atoms with van der Waals surface area (Å²) >= 11 is 4.74. The zero-order valence-corrected chi connectivity index (χ0v) is 15.0. The van der Waals surface area contributed by atoms with Gasteiger partial charge in [0.15, 0.2) is 0 Å². The van der Waals surface area contributed by atoms with Crippen molar-refractivity contribution in [1.29, 1.82) is 0 Å². The number of hydrogen-bond donors (Lipinski definition) is 2. The zero-order chi connectivity index (χ0) is 15.5. The minimum atomic E-state index is -3.50. The molecule has 0 saturated heterocycles. The highest BCUT2D eigenvalue weighted by Gasteiger charge is 2.20. The molecule has 0 aliphatic rings. The predicted molar refractivity (Wildman–Crippen MR) is 86.9 cm³/mol. The zero-order valence-electron chi connectivity index (χ0n) is 11.8. The van der Waals surface area contributed by atoms with Gasteiger partial charge in [-0.15, -0.1) is 11.3 Å². The van der Waals surface area contributed by atoms with Crippen molar-refractivity contribution < 1.29 is 8.42 Å². The minimum Gasteiger partial charge on any atom is -0.315 e. The molecule has 6 nitrogen and oxygen atoms in total. The Labute approximate surface area is 136 Å². The molecule has 116 valence electrons. The van der Waals surface area contributed by atoms with Crippen LogP contribution in [-0.4, -0.2) is 31.8 Å². The molecule has 2 heterocycles. The third kappa shape index (κ3) is 4.13. The summed E-state index contributed by atoms with van der Waals surface area (Å²) in [4.78, 5) is 1.26. The van der Waals surface area contributed by atoms with Crippen LogP contribution in [0.5, 0.6) is 0 Å². The molecule has 2 rings (SSSR count). The Morgan fingerprint density at radius 2 is 2.24 bits per heavy atom. The van der Waals surface area contributed by atoms with Gasteiger partial charge in [0.2, 0.25) is 10.0 Å². The molecule has 0 radical (unpaired) electrons. The quantitative estimate of drug-likeness (QED) is 0.748. The summed E-state index contributed by atoms with van der Waals surface area (Å²) in [5.41, 5.74) is 0.984. The molecular formula is C12H17BrN4O2S2. The van der Waals surface area contributed by atoms with Gasteiger partial charge in [0, 0.05) is 43.3 Å². The lowest BCUT2D eigenvalue weighted by Gasteiger charge is -2.06. The van der Waals surface area contributed by atoms with Gasteiger partial charge >= 0.3 is 0 Å². The molecule has 0 fully saturated rings. The number of nitrogens with zero attached hydrogens (tertiary/aromatic N) is 2. The molecule has 2 N–H and O–H groups in total. The van der Waals surface area contributed by atoms with Crippen LogP contribution in [0, 0.1) is 0 Å². The van der Waals surface area contributed by atoms with Gasteiger partial charge in [0.25, 0.3) is 0 Å². The minimum absolute atomic E-state index is 0.294. The van der Waals surface area contributed by atoms with E-state index in [4.69, 9.17) is 0 Å². The molecule has 0 bridgehead atoms. The number of hydrogen-bond acceptors (Lipinski definition) is 5. The van der Waals surface area contributed by atoms with Crippen molar-refractivity contribution in [2.45, 2.75) is 17.9 Å². The summed E-state index contributed by atoms with van der Waals surface area (Å²) < 4.78 is 29.6. The van der Waals surface area contributed by atoms with E-state index in [1.165, 1.54) is 11.3 Å². The van der Waals surface area contributed by atoms with Crippen molar-refractivity contribution >= 4 is 37.3 Å². The summed E-state index contributed by atoms with van der Waals surface area (Å²) in [5, 5.41) is 7.06. The fourth-order valence-electron chi connectivity index (χ4n) is 1.88. The van der Waals surface area contributed by atoms with E-state index in [9.17, 15) is 8.42 Å². The van der Waals surface area contributed by atoms with Gasteiger partial charge in [0.05, 0.1) is 3.79 Å². The van der Waals surface area contributed by atoms with E-state index in [0.29, 0.717) is 28.2 Å². The number of aryl methyl sites for hydroxylation is 1. The summed E-state index contributed by atoms with van der Waals surface area (Å²) in [6.45, 7) is 0.985. The van der Waals surface area contributed by atoms with Crippen molar-refractivity contribution in [2.75, 3.05) is 13.6 Å². The van der Waals surface area contributed by atoms with Crippen molar-refractivity contribution in [3.05, 3.63) is 32.7 Å². The molecule has 0 aromatic carbocycles. The maximum Gasteiger partial charge on any atom is 0.242 e. The fraction of sp³-hybridized carbons (Fsp3) is 0.417. The Morgan fingerprint density at radius 1 is 1.48 bits per heavy atom. The Morgan fingerprint density at radius 3 is 2.86 bits per heavy atom. The molecule has 0 saturated carbocycles. The summed E-state index contributed by atoms with van der Waals surface area (Å²) in [6.07, 6.45) is 2.30. The van der Waals surface area contributed by atoms with Gasteiger partial charge in [-0.1, -0.05) is 0 Å². The second kappa shape index (κ2) is 7.01. The average Bonchev–Trinajstić information content (AvgIpc) is 2.97. The summed E-state index contributed by atoms with van der Waals surface area (Å²) in [6, 6.07) is 3.57. The Bertz CT molecular complexity index is 709. The monoisotopic (exact) mass is 392 g/mol. The van der Waals surface area contributed by atoms with Crippen LogP contribution in [0.25, 0.3) is 0 Å². The van der Waals surface area contributed by atoms with E-state index in [0.717, 1.165) is 10.6 Å². The molecule has 2 aromatic heterocycles. The van der Waals surface area contributed by atoms with Crippen LogP contribution in [-0.2, 0) is 30.0 Å². The number of aromatic nitrogens is 2. The van der Waals surface area contributed by atoms with Crippen molar-refractivity contribution in [1.82, 2.24) is 19.8 Å². The largest absolute Gasteiger partial charge is 0.315 e. The topological polar surface area (TPSA) is 76.0 Å². The highest BCUT2D eigenvalue weighted by atomic mass is 79.9.